The molecule has 0 aromatic carbocycles. The number of rotatable bonds is 3. The predicted molar refractivity (Wildman–Crippen MR) is 77.0 cm³/mol. The molecule has 3 heterocycles. The molecule has 1 N–H and O–H groups in total. The second-order valence-corrected chi connectivity index (χ2v) is 5.95. The van der Waals surface area contributed by atoms with Gasteiger partial charge in [0, 0.05) is 25.2 Å². The van der Waals surface area contributed by atoms with Crippen LogP contribution < -0.4 is 0 Å². The van der Waals surface area contributed by atoms with Crippen molar-refractivity contribution in [2.45, 2.75) is 32.5 Å². The van der Waals surface area contributed by atoms with Crippen molar-refractivity contribution in [3.63, 3.8) is 0 Å². The van der Waals surface area contributed by atoms with Crippen LogP contribution >= 0.6 is 0 Å². The molecule has 2 aromatic heterocycles. The number of hydrogen-bond acceptors (Lipinski definition) is 4. The smallest absolute Gasteiger partial charge is 0.337 e. The van der Waals surface area contributed by atoms with Gasteiger partial charge in [-0.1, -0.05) is 0 Å². The van der Waals surface area contributed by atoms with Crippen molar-refractivity contribution < 1.29 is 18.0 Å². The standard InChI is InChI=1S/C14H17F3N6O/c1-9-11(20-21-12(9)14(15,16)17)13(24)22-4-2-3-10(5-22)6-23-8-18-7-19-23/h7-8,10H,2-6H2,1H3,(H,20,21). The molecule has 1 amide bonds. The van der Waals surface area contributed by atoms with E-state index in [0.717, 1.165) is 12.8 Å². The lowest BCUT2D eigenvalue weighted by molar-refractivity contribution is -0.141. The number of nitrogens with zero attached hydrogens (tertiary/aromatic N) is 5. The van der Waals surface area contributed by atoms with E-state index in [1.807, 2.05) is 5.10 Å². The van der Waals surface area contributed by atoms with Crippen LogP contribution in [0.15, 0.2) is 12.7 Å². The maximum absolute atomic E-state index is 12.8. The fraction of sp³-hybridized carbons (Fsp3) is 0.571. The van der Waals surface area contributed by atoms with Gasteiger partial charge in [-0.25, -0.2) is 4.98 Å². The zero-order chi connectivity index (χ0) is 17.3. The van der Waals surface area contributed by atoms with Crippen molar-refractivity contribution >= 4 is 5.91 Å². The van der Waals surface area contributed by atoms with E-state index in [0.29, 0.717) is 19.6 Å². The summed E-state index contributed by atoms with van der Waals surface area (Å²) in [6, 6.07) is 0. The molecular formula is C14H17F3N6O. The maximum Gasteiger partial charge on any atom is 0.433 e. The average Bonchev–Trinajstić information content (AvgIpc) is 3.16. The molecule has 2 aromatic rings. The van der Waals surface area contributed by atoms with E-state index >= 15 is 0 Å². The monoisotopic (exact) mass is 342 g/mol. The van der Waals surface area contributed by atoms with Crippen molar-refractivity contribution in [2.75, 3.05) is 13.1 Å². The number of likely N-dealkylation sites (tertiary alicyclic amines) is 1. The van der Waals surface area contributed by atoms with Gasteiger partial charge in [0.2, 0.25) is 0 Å². The molecule has 1 unspecified atom stereocenters. The minimum atomic E-state index is -4.55. The molecule has 0 aliphatic carbocycles. The van der Waals surface area contributed by atoms with Gasteiger partial charge in [0.15, 0.2) is 5.69 Å². The first kappa shape index (κ1) is 16.5. The van der Waals surface area contributed by atoms with E-state index in [1.54, 1.807) is 15.9 Å². The second kappa shape index (κ2) is 6.25. The Morgan fingerprint density at radius 2 is 2.25 bits per heavy atom. The predicted octanol–water partition coefficient (Wildman–Crippen LogP) is 1.88. The molecule has 1 aliphatic heterocycles. The summed E-state index contributed by atoms with van der Waals surface area (Å²) in [5, 5.41) is 9.57. The highest BCUT2D eigenvalue weighted by atomic mass is 19.4. The highest BCUT2D eigenvalue weighted by Gasteiger charge is 2.38. The Kier molecular flexibility index (Phi) is 4.29. The number of H-pyrrole nitrogens is 1. The summed E-state index contributed by atoms with van der Waals surface area (Å²) in [7, 11) is 0. The van der Waals surface area contributed by atoms with Gasteiger partial charge in [0.05, 0.1) is 0 Å². The number of piperidine rings is 1. The van der Waals surface area contributed by atoms with Crippen LogP contribution in [0.5, 0.6) is 0 Å². The molecule has 1 saturated heterocycles. The molecule has 7 nitrogen and oxygen atoms in total. The van der Waals surface area contributed by atoms with Gasteiger partial charge in [-0.3, -0.25) is 14.6 Å². The Hall–Kier alpha value is -2.39. The number of carbonyl (C=O) groups excluding carboxylic acids is 1. The van der Waals surface area contributed by atoms with E-state index in [4.69, 9.17) is 0 Å². The minimum absolute atomic E-state index is 0.161. The molecular weight excluding hydrogens is 325 g/mol. The molecule has 130 valence electrons. The van der Waals surface area contributed by atoms with Crippen LogP contribution in [0.1, 0.15) is 34.6 Å². The largest absolute Gasteiger partial charge is 0.433 e. The number of alkyl halides is 3. The lowest BCUT2D eigenvalue weighted by Crippen LogP contribution is -2.41. The number of amides is 1. The molecule has 1 atom stereocenters. The molecule has 1 aliphatic rings. The first-order valence-electron chi connectivity index (χ1n) is 7.60. The minimum Gasteiger partial charge on any atom is -0.337 e. The Balaban J connectivity index is 1.72. The van der Waals surface area contributed by atoms with Crippen LogP contribution in [0.3, 0.4) is 0 Å². The normalized spacial score (nSPS) is 18.8. The fourth-order valence-corrected chi connectivity index (χ4v) is 3.02. The summed E-state index contributed by atoms with van der Waals surface area (Å²) in [5.41, 5.74) is -1.29. The van der Waals surface area contributed by atoms with E-state index in [2.05, 4.69) is 15.2 Å². The quantitative estimate of drug-likeness (QED) is 0.924. The summed E-state index contributed by atoms with van der Waals surface area (Å²) >= 11 is 0. The van der Waals surface area contributed by atoms with Crippen molar-refractivity contribution in [1.29, 1.82) is 0 Å². The Bertz CT molecular complexity index is 709. The van der Waals surface area contributed by atoms with Crippen molar-refractivity contribution in [3.8, 4) is 0 Å². The summed E-state index contributed by atoms with van der Waals surface area (Å²) in [5.74, 6) is -0.284. The SMILES string of the molecule is Cc1c(C(=O)N2CCCC(Cn3cncn3)C2)n[nH]c1C(F)(F)F. The van der Waals surface area contributed by atoms with Gasteiger partial charge in [0.1, 0.15) is 18.3 Å². The summed E-state index contributed by atoms with van der Waals surface area (Å²) in [6.07, 6.45) is 0.219. The summed E-state index contributed by atoms with van der Waals surface area (Å²) in [4.78, 5) is 18.0. The summed E-state index contributed by atoms with van der Waals surface area (Å²) in [6.45, 7) is 2.86. The lowest BCUT2D eigenvalue weighted by atomic mass is 9.97. The van der Waals surface area contributed by atoms with Crippen LogP contribution in [-0.2, 0) is 12.7 Å². The maximum atomic E-state index is 12.8. The van der Waals surface area contributed by atoms with Gasteiger partial charge in [0.25, 0.3) is 5.91 Å². The molecule has 1 fully saturated rings. The van der Waals surface area contributed by atoms with Crippen LogP contribution in [0, 0.1) is 12.8 Å². The van der Waals surface area contributed by atoms with Crippen LogP contribution in [0.2, 0.25) is 0 Å². The molecule has 3 rings (SSSR count). The van der Waals surface area contributed by atoms with Crippen LogP contribution in [0.25, 0.3) is 0 Å². The number of halogens is 3. The third kappa shape index (κ3) is 3.26. The number of hydrogen-bond donors (Lipinski definition) is 1. The third-order valence-electron chi connectivity index (χ3n) is 4.21. The van der Waals surface area contributed by atoms with Gasteiger partial charge in [-0.2, -0.15) is 23.4 Å². The first-order chi connectivity index (χ1) is 11.4. The Labute approximate surface area is 135 Å². The second-order valence-electron chi connectivity index (χ2n) is 5.95. The number of aromatic amines is 1. The van der Waals surface area contributed by atoms with Gasteiger partial charge < -0.3 is 4.90 Å². The highest BCUT2D eigenvalue weighted by molar-refractivity contribution is 5.94. The summed E-state index contributed by atoms with van der Waals surface area (Å²) < 4.78 is 40.2. The number of carbonyl (C=O) groups is 1. The fourth-order valence-electron chi connectivity index (χ4n) is 3.02. The van der Waals surface area contributed by atoms with Crippen LogP contribution in [0.4, 0.5) is 13.2 Å². The average molecular weight is 342 g/mol. The Morgan fingerprint density at radius 3 is 2.88 bits per heavy atom. The van der Waals surface area contributed by atoms with Gasteiger partial charge in [-0.15, -0.1) is 0 Å². The highest BCUT2D eigenvalue weighted by Crippen LogP contribution is 2.31. The van der Waals surface area contributed by atoms with Gasteiger partial charge >= 0.3 is 6.18 Å². The first-order valence-corrected chi connectivity index (χ1v) is 7.60. The van der Waals surface area contributed by atoms with Crippen molar-refractivity contribution in [1.82, 2.24) is 29.9 Å². The number of aromatic nitrogens is 5. The molecule has 24 heavy (non-hydrogen) atoms. The molecule has 0 spiro atoms. The zero-order valence-corrected chi connectivity index (χ0v) is 13.0. The van der Waals surface area contributed by atoms with E-state index < -0.39 is 17.8 Å². The van der Waals surface area contributed by atoms with E-state index in [-0.39, 0.29) is 17.2 Å². The molecule has 0 radical (unpaired) electrons. The third-order valence-corrected chi connectivity index (χ3v) is 4.21. The van der Waals surface area contributed by atoms with Crippen LogP contribution in [-0.4, -0.2) is 48.9 Å². The van der Waals surface area contributed by atoms with Crippen molar-refractivity contribution in [2.24, 2.45) is 5.92 Å². The zero-order valence-electron chi connectivity index (χ0n) is 13.0. The number of nitrogens with one attached hydrogen (secondary N) is 1. The van der Waals surface area contributed by atoms with Gasteiger partial charge in [-0.05, 0) is 25.7 Å². The Morgan fingerprint density at radius 1 is 1.46 bits per heavy atom. The lowest BCUT2D eigenvalue weighted by Gasteiger charge is -2.32. The topological polar surface area (TPSA) is 79.7 Å². The van der Waals surface area contributed by atoms with E-state index in [1.165, 1.54) is 13.3 Å². The molecule has 0 saturated carbocycles. The van der Waals surface area contributed by atoms with E-state index in [9.17, 15) is 18.0 Å². The molecule has 0 bridgehead atoms. The van der Waals surface area contributed by atoms with Crippen molar-refractivity contribution in [3.05, 3.63) is 29.6 Å². The molecule has 10 heteroatoms.